The highest BCUT2D eigenvalue weighted by Gasteiger charge is 2.32. The molecular weight excluding hydrogens is 220 g/mol. The largest absolute Gasteiger partial charge is 0.478 e. The second kappa shape index (κ2) is 4.63. The van der Waals surface area contributed by atoms with Gasteiger partial charge >= 0.3 is 5.97 Å². The Balaban J connectivity index is 2.43. The summed E-state index contributed by atoms with van der Waals surface area (Å²) in [5, 5.41) is 18.2. The molecule has 0 heterocycles. The van der Waals surface area contributed by atoms with Gasteiger partial charge in [0.15, 0.2) is 0 Å². The third-order valence-electron chi connectivity index (χ3n) is 2.91. The number of para-hydroxylation sites is 1. The Kier molecular flexibility index (Phi) is 3.19. The summed E-state index contributed by atoms with van der Waals surface area (Å²) in [4.78, 5) is 13.1. The first kappa shape index (κ1) is 11.7. The van der Waals surface area contributed by atoms with E-state index in [2.05, 4.69) is 0 Å². The molecule has 0 amide bonds. The second-order valence-electron chi connectivity index (χ2n) is 4.20. The van der Waals surface area contributed by atoms with E-state index in [4.69, 9.17) is 15.9 Å². The zero-order chi connectivity index (χ0) is 12.4. The Labute approximate surface area is 99.5 Å². The SMILES string of the molecule is Nc1cccc(C(=O)O)c1N(CCO)C1CC1. The molecule has 1 aromatic rings. The number of hydrogen-bond donors (Lipinski definition) is 3. The molecule has 0 radical (unpaired) electrons. The molecule has 5 heteroatoms. The van der Waals surface area contributed by atoms with E-state index >= 15 is 0 Å². The minimum atomic E-state index is -0.990. The summed E-state index contributed by atoms with van der Waals surface area (Å²) in [7, 11) is 0. The van der Waals surface area contributed by atoms with Crippen LogP contribution in [0.1, 0.15) is 23.2 Å². The summed E-state index contributed by atoms with van der Waals surface area (Å²) in [6.07, 6.45) is 2.04. The molecule has 0 bridgehead atoms. The van der Waals surface area contributed by atoms with Crippen LogP contribution in [0, 0.1) is 0 Å². The molecule has 1 saturated carbocycles. The van der Waals surface area contributed by atoms with Crippen LogP contribution in [0.25, 0.3) is 0 Å². The van der Waals surface area contributed by atoms with Gasteiger partial charge in [-0.3, -0.25) is 0 Å². The predicted molar refractivity (Wildman–Crippen MR) is 65.3 cm³/mol. The van der Waals surface area contributed by atoms with Crippen LogP contribution in [0.3, 0.4) is 0 Å². The molecule has 17 heavy (non-hydrogen) atoms. The van der Waals surface area contributed by atoms with Gasteiger partial charge in [0, 0.05) is 12.6 Å². The lowest BCUT2D eigenvalue weighted by Crippen LogP contribution is -2.31. The van der Waals surface area contributed by atoms with Crippen LogP contribution in [0.2, 0.25) is 0 Å². The molecule has 5 nitrogen and oxygen atoms in total. The molecule has 0 saturated heterocycles. The molecule has 2 rings (SSSR count). The van der Waals surface area contributed by atoms with Gasteiger partial charge < -0.3 is 20.8 Å². The molecule has 0 atom stereocenters. The van der Waals surface area contributed by atoms with Crippen molar-refractivity contribution in [3.8, 4) is 0 Å². The molecule has 1 fully saturated rings. The molecular formula is C12H16N2O3. The molecule has 0 aliphatic heterocycles. The number of nitrogen functional groups attached to an aromatic ring is 1. The average Bonchev–Trinajstić information content (AvgIpc) is 3.10. The lowest BCUT2D eigenvalue weighted by atomic mass is 10.1. The average molecular weight is 236 g/mol. The first-order chi connectivity index (χ1) is 8.15. The third-order valence-corrected chi connectivity index (χ3v) is 2.91. The molecule has 1 aromatic carbocycles. The van der Waals surface area contributed by atoms with Gasteiger partial charge in [-0.05, 0) is 25.0 Å². The summed E-state index contributed by atoms with van der Waals surface area (Å²) in [5.41, 5.74) is 7.06. The zero-order valence-corrected chi connectivity index (χ0v) is 9.47. The van der Waals surface area contributed by atoms with Gasteiger partial charge in [-0.25, -0.2) is 4.79 Å². The summed E-state index contributed by atoms with van der Waals surface area (Å²) < 4.78 is 0. The first-order valence-corrected chi connectivity index (χ1v) is 5.64. The maximum atomic E-state index is 11.2. The second-order valence-corrected chi connectivity index (χ2v) is 4.20. The maximum Gasteiger partial charge on any atom is 0.337 e. The lowest BCUT2D eigenvalue weighted by molar-refractivity contribution is 0.0697. The fourth-order valence-electron chi connectivity index (χ4n) is 2.03. The summed E-state index contributed by atoms with van der Waals surface area (Å²) in [6, 6.07) is 5.17. The Hall–Kier alpha value is -1.75. The monoisotopic (exact) mass is 236 g/mol. The predicted octanol–water partition coefficient (Wildman–Crippen LogP) is 0.928. The minimum absolute atomic E-state index is 0.0100. The summed E-state index contributed by atoms with van der Waals surface area (Å²) in [6.45, 7) is 0.406. The number of aromatic carboxylic acids is 1. The van der Waals surface area contributed by atoms with Crippen molar-refractivity contribution < 1.29 is 15.0 Å². The zero-order valence-electron chi connectivity index (χ0n) is 9.47. The molecule has 0 aromatic heterocycles. The molecule has 4 N–H and O–H groups in total. The van der Waals surface area contributed by atoms with Crippen molar-refractivity contribution in [2.45, 2.75) is 18.9 Å². The molecule has 92 valence electrons. The number of rotatable bonds is 5. The number of aliphatic hydroxyl groups is 1. The Morgan fingerprint density at radius 1 is 1.47 bits per heavy atom. The van der Waals surface area contributed by atoms with E-state index in [1.165, 1.54) is 0 Å². The number of carboxylic acid groups (broad SMARTS) is 1. The molecule has 0 spiro atoms. The molecule has 0 unspecified atom stereocenters. The van der Waals surface area contributed by atoms with Crippen molar-refractivity contribution >= 4 is 17.3 Å². The highest BCUT2D eigenvalue weighted by atomic mass is 16.4. The Morgan fingerprint density at radius 3 is 2.71 bits per heavy atom. The van der Waals surface area contributed by atoms with Gasteiger partial charge in [0.05, 0.1) is 23.5 Å². The van der Waals surface area contributed by atoms with Gasteiger partial charge in [0.2, 0.25) is 0 Å². The highest BCUT2D eigenvalue weighted by molar-refractivity contribution is 5.98. The van der Waals surface area contributed by atoms with E-state index in [9.17, 15) is 4.79 Å². The van der Waals surface area contributed by atoms with Gasteiger partial charge in [-0.1, -0.05) is 6.07 Å². The van der Waals surface area contributed by atoms with E-state index in [1.807, 2.05) is 4.90 Å². The van der Waals surface area contributed by atoms with Crippen LogP contribution in [-0.4, -0.2) is 35.4 Å². The topological polar surface area (TPSA) is 86.8 Å². The van der Waals surface area contributed by atoms with Gasteiger partial charge in [-0.2, -0.15) is 0 Å². The lowest BCUT2D eigenvalue weighted by Gasteiger charge is -2.26. The molecule has 1 aliphatic carbocycles. The number of nitrogens with two attached hydrogens (primary N) is 1. The number of benzene rings is 1. The van der Waals surface area contributed by atoms with Crippen molar-refractivity contribution in [2.24, 2.45) is 0 Å². The van der Waals surface area contributed by atoms with E-state index in [0.717, 1.165) is 12.8 Å². The Bertz CT molecular complexity index is 430. The van der Waals surface area contributed by atoms with E-state index in [-0.39, 0.29) is 12.2 Å². The van der Waals surface area contributed by atoms with Crippen molar-refractivity contribution in [1.82, 2.24) is 0 Å². The fraction of sp³-hybridized carbons (Fsp3) is 0.417. The minimum Gasteiger partial charge on any atom is -0.478 e. The van der Waals surface area contributed by atoms with Gasteiger partial charge in [0.1, 0.15) is 0 Å². The number of carbonyl (C=O) groups is 1. The van der Waals surface area contributed by atoms with Crippen molar-refractivity contribution in [3.63, 3.8) is 0 Å². The van der Waals surface area contributed by atoms with Crippen molar-refractivity contribution in [3.05, 3.63) is 23.8 Å². The van der Waals surface area contributed by atoms with Gasteiger partial charge in [-0.15, -0.1) is 0 Å². The third kappa shape index (κ3) is 2.34. The van der Waals surface area contributed by atoms with E-state index in [1.54, 1.807) is 18.2 Å². The number of anilines is 2. The number of aliphatic hydroxyl groups excluding tert-OH is 1. The summed E-state index contributed by atoms with van der Waals surface area (Å²) in [5.74, 6) is -0.990. The number of carboxylic acids is 1. The smallest absolute Gasteiger partial charge is 0.337 e. The quantitative estimate of drug-likeness (QED) is 0.662. The first-order valence-electron chi connectivity index (χ1n) is 5.64. The van der Waals surface area contributed by atoms with Crippen LogP contribution in [-0.2, 0) is 0 Å². The normalized spacial score (nSPS) is 14.6. The number of hydrogen-bond acceptors (Lipinski definition) is 4. The fourth-order valence-corrected chi connectivity index (χ4v) is 2.03. The van der Waals surface area contributed by atoms with Crippen LogP contribution < -0.4 is 10.6 Å². The van der Waals surface area contributed by atoms with Crippen molar-refractivity contribution in [1.29, 1.82) is 0 Å². The van der Waals surface area contributed by atoms with Crippen LogP contribution in [0.15, 0.2) is 18.2 Å². The van der Waals surface area contributed by atoms with Crippen LogP contribution >= 0.6 is 0 Å². The summed E-state index contributed by atoms with van der Waals surface area (Å²) >= 11 is 0. The van der Waals surface area contributed by atoms with Crippen LogP contribution in [0.4, 0.5) is 11.4 Å². The maximum absolute atomic E-state index is 11.2. The van der Waals surface area contributed by atoms with E-state index < -0.39 is 5.97 Å². The Morgan fingerprint density at radius 2 is 2.18 bits per heavy atom. The van der Waals surface area contributed by atoms with E-state index in [0.29, 0.717) is 24.0 Å². The highest BCUT2D eigenvalue weighted by Crippen LogP contribution is 2.36. The number of nitrogens with zero attached hydrogens (tertiary/aromatic N) is 1. The van der Waals surface area contributed by atoms with Crippen molar-refractivity contribution in [2.75, 3.05) is 23.8 Å². The van der Waals surface area contributed by atoms with Crippen LogP contribution in [0.5, 0.6) is 0 Å². The standard InChI is InChI=1S/C12H16N2O3/c13-10-3-1-2-9(12(16)17)11(10)14(6-7-15)8-4-5-8/h1-3,8,15H,4-7,13H2,(H,16,17). The molecule has 1 aliphatic rings. The van der Waals surface area contributed by atoms with Gasteiger partial charge in [0.25, 0.3) is 0 Å².